The summed E-state index contributed by atoms with van der Waals surface area (Å²) in [5, 5.41) is 3.29. The number of nitrogens with one attached hydrogen (secondary N) is 1. The van der Waals surface area contributed by atoms with E-state index >= 15 is 0 Å². The molecule has 1 aliphatic heterocycles. The number of hydrogen-bond donors (Lipinski definition) is 2. The lowest BCUT2D eigenvalue weighted by Gasteiger charge is -2.22. The molecule has 0 aliphatic carbocycles. The second-order valence-electron chi connectivity index (χ2n) is 3.98. The third-order valence-electron chi connectivity index (χ3n) is 2.72. The van der Waals surface area contributed by atoms with Gasteiger partial charge < -0.3 is 5.32 Å². The van der Waals surface area contributed by atoms with Crippen molar-refractivity contribution < 1.29 is 13.0 Å². The maximum atomic E-state index is 10.4. The predicted octanol–water partition coefficient (Wildman–Crippen LogP) is 1.04. The molecule has 1 saturated heterocycles. The first kappa shape index (κ1) is 11.9. The van der Waals surface area contributed by atoms with Crippen LogP contribution in [-0.4, -0.2) is 31.8 Å². The van der Waals surface area contributed by atoms with Crippen LogP contribution in [0.1, 0.15) is 32.1 Å². The van der Waals surface area contributed by atoms with Crippen LogP contribution in [0.3, 0.4) is 0 Å². The van der Waals surface area contributed by atoms with Crippen molar-refractivity contribution in [1.29, 1.82) is 0 Å². The average Bonchev–Trinajstić information content (AvgIpc) is 2.13. The van der Waals surface area contributed by atoms with Gasteiger partial charge in [-0.2, -0.15) is 8.42 Å². The molecule has 1 heterocycles. The molecule has 0 aromatic heterocycles. The fourth-order valence-electron chi connectivity index (χ4n) is 1.89. The zero-order valence-electron chi connectivity index (χ0n) is 8.41. The Kier molecular flexibility index (Phi) is 4.84. The molecule has 0 atom stereocenters. The predicted molar refractivity (Wildman–Crippen MR) is 55.9 cm³/mol. The van der Waals surface area contributed by atoms with E-state index < -0.39 is 10.1 Å². The van der Waals surface area contributed by atoms with E-state index in [1.165, 1.54) is 12.8 Å². The van der Waals surface area contributed by atoms with Gasteiger partial charge in [-0.25, -0.2) is 0 Å². The van der Waals surface area contributed by atoms with Gasteiger partial charge in [0.15, 0.2) is 0 Å². The third kappa shape index (κ3) is 5.57. The second kappa shape index (κ2) is 5.68. The van der Waals surface area contributed by atoms with Crippen LogP contribution >= 0.6 is 0 Å². The van der Waals surface area contributed by atoms with Crippen LogP contribution in [0.5, 0.6) is 0 Å². The smallest absolute Gasteiger partial charge is 0.264 e. The summed E-state index contributed by atoms with van der Waals surface area (Å²) >= 11 is 0. The lowest BCUT2D eigenvalue weighted by atomic mass is 9.93. The first-order valence-electron chi connectivity index (χ1n) is 5.24. The first-order valence-corrected chi connectivity index (χ1v) is 6.85. The molecule has 84 valence electrons. The minimum absolute atomic E-state index is 0.0853. The van der Waals surface area contributed by atoms with Crippen molar-refractivity contribution in [3.63, 3.8) is 0 Å². The van der Waals surface area contributed by atoms with Gasteiger partial charge in [0.25, 0.3) is 10.1 Å². The van der Waals surface area contributed by atoms with Gasteiger partial charge in [0, 0.05) is 0 Å². The fourth-order valence-corrected chi connectivity index (χ4v) is 2.46. The zero-order valence-corrected chi connectivity index (χ0v) is 9.22. The Morgan fingerprint density at radius 3 is 2.43 bits per heavy atom. The minimum Gasteiger partial charge on any atom is -0.317 e. The van der Waals surface area contributed by atoms with Crippen molar-refractivity contribution in [2.24, 2.45) is 5.92 Å². The number of unbranched alkanes of at least 4 members (excludes halogenated alkanes) is 1. The molecule has 1 aliphatic rings. The normalized spacial score (nSPS) is 19.8. The van der Waals surface area contributed by atoms with Crippen molar-refractivity contribution in [3.05, 3.63) is 0 Å². The Morgan fingerprint density at radius 1 is 1.21 bits per heavy atom. The summed E-state index contributed by atoms with van der Waals surface area (Å²) in [6.07, 6.45) is 4.99. The summed E-state index contributed by atoms with van der Waals surface area (Å²) in [7, 11) is -3.74. The maximum absolute atomic E-state index is 10.4. The van der Waals surface area contributed by atoms with Crippen molar-refractivity contribution in [3.8, 4) is 0 Å². The lowest BCUT2D eigenvalue weighted by molar-refractivity contribution is 0.345. The molecular weight excluding hydrogens is 202 g/mol. The number of hydrogen-bond acceptors (Lipinski definition) is 3. The molecule has 1 rings (SSSR count). The van der Waals surface area contributed by atoms with Gasteiger partial charge >= 0.3 is 0 Å². The van der Waals surface area contributed by atoms with Gasteiger partial charge in [0.05, 0.1) is 5.75 Å². The zero-order chi connectivity index (χ0) is 10.4. The second-order valence-corrected chi connectivity index (χ2v) is 5.55. The van der Waals surface area contributed by atoms with E-state index in [0.29, 0.717) is 6.42 Å². The molecule has 2 N–H and O–H groups in total. The average molecular weight is 221 g/mol. The van der Waals surface area contributed by atoms with Gasteiger partial charge in [0.1, 0.15) is 0 Å². The molecule has 4 nitrogen and oxygen atoms in total. The largest absolute Gasteiger partial charge is 0.317 e. The molecule has 0 radical (unpaired) electrons. The highest BCUT2D eigenvalue weighted by molar-refractivity contribution is 7.85. The summed E-state index contributed by atoms with van der Waals surface area (Å²) in [6, 6.07) is 0. The summed E-state index contributed by atoms with van der Waals surface area (Å²) in [5.41, 5.74) is 0. The lowest BCUT2D eigenvalue weighted by Crippen LogP contribution is -2.27. The molecule has 0 spiro atoms. The SMILES string of the molecule is O=S(=O)(O)CCCCC1CCNCC1. The van der Waals surface area contributed by atoms with Crippen molar-refractivity contribution in [1.82, 2.24) is 5.32 Å². The Morgan fingerprint density at radius 2 is 1.86 bits per heavy atom. The van der Waals surface area contributed by atoms with Crippen LogP contribution in [0, 0.1) is 5.92 Å². The minimum atomic E-state index is -3.74. The van der Waals surface area contributed by atoms with Crippen molar-refractivity contribution >= 4 is 10.1 Å². The highest BCUT2D eigenvalue weighted by Gasteiger charge is 2.12. The van der Waals surface area contributed by atoms with Crippen LogP contribution in [0.4, 0.5) is 0 Å². The number of rotatable bonds is 5. The quantitative estimate of drug-likeness (QED) is 0.538. The Labute approximate surface area is 85.8 Å². The molecule has 0 aromatic rings. The molecule has 0 unspecified atom stereocenters. The molecule has 0 amide bonds. The summed E-state index contributed by atoms with van der Waals surface area (Å²) in [5.74, 6) is 0.662. The monoisotopic (exact) mass is 221 g/mol. The Balaban J connectivity index is 2.03. The molecule has 0 aromatic carbocycles. The molecule has 5 heteroatoms. The maximum Gasteiger partial charge on any atom is 0.264 e. The Hall–Kier alpha value is -0.130. The van der Waals surface area contributed by atoms with Crippen molar-refractivity contribution in [2.45, 2.75) is 32.1 Å². The third-order valence-corrected chi connectivity index (χ3v) is 3.53. The van der Waals surface area contributed by atoms with Crippen LogP contribution in [-0.2, 0) is 10.1 Å². The van der Waals surface area contributed by atoms with E-state index in [2.05, 4.69) is 5.32 Å². The first-order chi connectivity index (χ1) is 6.58. The van der Waals surface area contributed by atoms with Gasteiger partial charge in [-0.1, -0.05) is 12.8 Å². The summed E-state index contributed by atoms with van der Waals surface area (Å²) < 4.78 is 29.4. The van der Waals surface area contributed by atoms with Crippen LogP contribution in [0.25, 0.3) is 0 Å². The van der Waals surface area contributed by atoms with Gasteiger partial charge in [-0.05, 0) is 38.3 Å². The van der Waals surface area contributed by atoms with E-state index in [-0.39, 0.29) is 5.75 Å². The molecule has 1 fully saturated rings. The topological polar surface area (TPSA) is 66.4 Å². The van der Waals surface area contributed by atoms with E-state index in [9.17, 15) is 8.42 Å². The van der Waals surface area contributed by atoms with Gasteiger partial charge in [-0.15, -0.1) is 0 Å². The Bertz CT molecular complexity index is 245. The molecule has 0 saturated carbocycles. The standard InChI is InChI=1S/C9H19NO3S/c11-14(12,13)8-2-1-3-9-4-6-10-7-5-9/h9-10H,1-8H2,(H,11,12,13). The van der Waals surface area contributed by atoms with Crippen LogP contribution in [0.15, 0.2) is 0 Å². The van der Waals surface area contributed by atoms with Crippen LogP contribution in [0.2, 0.25) is 0 Å². The molecule has 0 bridgehead atoms. The van der Waals surface area contributed by atoms with Gasteiger partial charge in [-0.3, -0.25) is 4.55 Å². The van der Waals surface area contributed by atoms with E-state index in [4.69, 9.17) is 4.55 Å². The fraction of sp³-hybridized carbons (Fsp3) is 1.00. The van der Waals surface area contributed by atoms with E-state index in [1.807, 2.05) is 0 Å². The highest BCUT2D eigenvalue weighted by Crippen LogP contribution is 2.18. The summed E-state index contributed by atoms with van der Waals surface area (Å²) in [4.78, 5) is 0. The highest BCUT2D eigenvalue weighted by atomic mass is 32.2. The number of piperidine rings is 1. The summed E-state index contributed by atoms with van der Waals surface area (Å²) in [6.45, 7) is 2.17. The molecular formula is C9H19NO3S. The van der Waals surface area contributed by atoms with Gasteiger partial charge in [0.2, 0.25) is 0 Å². The molecule has 14 heavy (non-hydrogen) atoms. The van der Waals surface area contributed by atoms with E-state index in [1.54, 1.807) is 0 Å². The van der Waals surface area contributed by atoms with Crippen LogP contribution < -0.4 is 5.32 Å². The van der Waals surface area contributed by atoms with Crippen molar-refractivity contribution in [2.75, 3.05) is 18.8 Å². The van der Waals surface area contributed by atoms with E-state index in [0.717, 1.165) is 31.8 Å².